The first-order valence-corrected chi connectivity index (χ1v) is 5.67. The summed E-state index contributed by atoms with van der Waals surface area (Å²) < 4.78 is 5.15. The Morgan fingerprint density at radius 1 is 1.44 bits per heavy atom. The van der Waals surface area contributed by atoms with E-state index in [1.54, 1.807) is 0 Å². The first kappa shape index (κ1) is 13.8. The molecule has 0 bridgehead atoms. The number of hydrogen-bond donors (Lipinski definition) is 1. The van der Waals surface area contributed by atoms with Gasteiger partial charge in [-0.1, -0.05) is 19.3 Å². The molecule has 0 fully saturated rings. The number of carbonyl (C=O) groups is 2. The van der Waals surface area contributed by atoms with Gasteiger partial charge in [-0.25, -0.2) is 4.79 Å². The fraction of sp³-hybridized carbons (Fsp3) is 0.286. The van der Waals surface area contributed by atoms with Gasteiger partial charge in [0.15, 0.2) is 5.76 Å². The van der Waals surface area contributed by atoms with Crippen molar-refractivity contribution in [1.29, 1.82) is 0 Å². The molecular weight excluding hydrogens is 232 g/mol. The topological polar surface area (TPSA) is 67.5 Å². The highest BCUT2D eigenvalue weighted by Crippen LogP contribution is 2.10. The van der Waals surface area contributed by atoms with Crippen LogP contribution in [0.15, 0.2) is 22.6 Å². The molecule has 0 aliphatic heterocycles. The summed E-state index contributed by atoms with van der Waals surface area (Å²) in [5.41, 5.74) is 0. The lowest BCUT2D eigenvalue weighted by Crippen LogP contribution is -1.91. The molecule has 0 aliphatic rings. The van der Waals surface area contributed by atoms with Gasteiger partial charge in [0.1, 0.15) is 5.76 Å². The van der Waals surface area contributed by atoms with Crippen LogP contribution >= 0.6 is 0 Å². The van der Waals surface area contributed by atoms with Crippen LogP contribution in [0.3, 0.4) is 0 Å². The first-order chi connectivity index (χ1) is 8.63. The quantitative estimate of drug-likeness (QED) is 0.285. The van der Waals surface area contributed by atoms with E-state index in [1.165, 1.54) is 18.2 Å². The average Bonchev–Trinajstić information content (AvgIpc) is 2.80. The lowest BCUT2D eigenvalue weighted by Gasteiger charge is -1.87. The second-order valence-corrected chi connectivity index (χ2v) is 3.61. The molecule has 0 radical (unpaired) electrons. The van der Waals surface area contributed by atoms with Crippen molar-refractivity contribution in [3.63, 3.8) is 0 Å². The highest BCUT2D eigenvalue weighted by atomic mass is 16.4. The van der Waals surface area contributed by atoms with Crippen LogP contribution in [-0.4, -0.2) is 16.9 Å². The molecule has 0 atom stereocenters. The van der Waals surface area contributed by atoms with Crippen LogP contribution in [0.5, 0.6) is 0 Å². The molecule has 1 heterocycles. The van der Waals surface area contributed by atoms with Gasteiger partial charge in [0.2, 0.25) is 0 Å². The standard InChI is InChI=1S/C14H14O4/c1-2-3-4-5-6-12(15)13-9-7-11(18-13)8-10-14(16)17/h7-10H,2-4H2,1H3,(H,16,17)/b10-8-. The van der Waals surface area contributed by atoms with Crippen molar-refractivity contribution in [3.8, 4) is 11.8 Å². The number of hydrogen-bond acceptors (Lipinski definition) is 3. The van der Waals surface area contributed by atoms with Crippen LogP contribution in [-0.2, 0) is 4.79 Å². The number of rotatable bonds is 5. The molecule has 0 saturated heterocycles. The Morgan fingerprint density at radius 3 is 2.89 bits per heavy atom. The van der Waals surface area contributed by atoms with Crippen molar-refractivity contribution < 1.29 is 19.1 Å². The van der Waals surface area contributed by atoms with Crippen LogP contribution in [0.2, 0.25) is 0 Å². The highest BCUT2D eigenvalue weighted by Gasteiger charge is 2.07. The third-order valence-electron chi connectivity index (χ3n) is 2.10. The lowest BCUT2D eigenvalue weighted by molar-refractivity contribution is -0.131. The minimum atomic E-state index is -1.07. The summed E-state index contributed by atoms with van der Waals surface area (Å²) in [5.74, 6) is 4.25. The average molecular weight is 246 g/mol. The molecule has 4 nitrogen and oxygen atoms in total. The monoisotopic (exact) mass is 246 g/mol. The molecule has 0 saturated carbocycles. The molecule has 4 heteroatoms. The van der Waals surface area contributed by atoms with Crippen LogP contribution in [0, 0.1) is 11.8 Å². The van der Waals surface area contributed by atoms with Crippen molar-refractivity contribution in [2.24, 2.45) is 0 Å². The van der Waals surface area contributed by atoms with E-state index in [2.05, 4.69) is 18.8 Å². The molecule has 94 valence electrons. The third kappa shape index (κ3) is 4.71. The van der Waals surface area contributed by atoms with Gasteiger partial charge in [-0.15, -0.1) is 0 Å². The zero-order chi connectivity index (χ0) is 13.4. The predicted octanol–water partition coefficient (Wildman–Crippen LogP) is 2.75. The molecule has 18 heavy (non-hydrogen) atoms. The number of unbranched alkanes of at least 4 members (excludes halogenated alkanes) is 2. The molecule has 1 rings (SSSR count). The normalized spacial score (nSPS) is 10.1. The predicted molar refractivity (Wildman–Crippen MR) is 67.0 cm³/mol. The van der Waals surface area contributed by atoms with Crippen LogP contribution in [0.1, 0.15) is 42.5 Å². The van der Waals surface area contributed by atoms with Crippen molar-refractivity contribution in [3.05, 3.63) is 29.7 Å². The SMILES string of the molecule is CCCCC#CC(=O)c1ccc(/C=C\C(=O)O)o1. The summed E-state index contributed by atoms with van der Waals surface area (Å²) in [7, 11) is 0. The Bertz CT molecular complexity index is 511. The summed E-state index contributed by atoms with van der Waals surface area (Å²) >= 11 is 0. The fourth-order valence-corrected chi connectivity index (χ4v) is 1.19. The Hall–Kier alpha value is -2.28. The minimum Gasteiger partial charge on any atom is -0.478 e. The fourth-order valence-electron chi connectivity index (χ4n) is 1.19. The van der Waals surface area contributed by atoms with Gasteiger partial charge in [-0.05, 0) is 30.6 Å². The maximum absolute atomic E-state index is 11.6. The van der Waals surface area contributed by atoms with E-state index in [1.807, 2.05) is 0 Å². The Kier molecular flexibility index (Phi) is 5.46. The summed E-state index contributed by atoms with van der Waals surface area (Å²) in [6, 6.07) is 3.01. The van der Waals surface area contributed by atoms with Gasteiger partial charge in [0.25, 0.3) is 5.78 Å². The number of Topliss-reactive ketones (excluding diaryl/α,β-unsaturated/α-hetero) is 1. The Labute approximate surface area is 105 Å². The summed E-state index contributed by atoms with van der Waals surface area (Å²) in [6.45, 7) is 2.05. The van der Waals surface area contributed by atoms with E-state index in [0.29, 0.717) is 12.2 Å². The summed E-state index contributed by atoms with van der Waals surface area (Å²) in [4.78, 5) is 21.8. The number of ketones is 1. The molecule has 1 aromatic rings. The zero-order valence-electron chi connectivity index (χ0n) is 10.1. The van der Waals surface area contributed by atoms with E-state index in [4.69, 9.17) is 9.52 Å². The van der Waals surface area contributed by atoms with Crippen molar-refractivity contribution in [2.45, 2.75) is 26.2 Å². The molecule has 1 aromatic heterocycles. The molecule has 0 unspecified atom stereocenters. The molecular formula is C14H14O4. The maximum atomic E-state index is 11.6. The van der Waals surface area contributed by atoms with E-state index in [0.717, 1.165) is 18.9 Å². The lowest BCUT2D eigenvalue weighted by atomic mass is 10.2. The van der Waals surface area contributed by atoms with Gasteiger partial charge in [-0.2, -0.15) is 0 Å². The minimum absolute atomic E-state index is 0.129. The summed E-state index contributed by atoms with van der Waals surface area (Å²) in [5, 5.41) is 8.44. The molecule has 0 amide bonds. The van der Waals surface area contributed by atoms with E-state index in [9.17, 15) is 9.59 Å². The van der Waals surface area contributed by atoms with Crippen LogP contribution in [0.4, 0.5) is 0 Å². The van der Waals surface area contributed by atoms with Gasteiger partial charge in [0.05, 0.1) is 0 Å². The summed E-state index contributed by atoms with van der Waals surface area (Å²) in [6.07, 6.45) is 4.91. The van der Waals surface area contributed by atoms with Crippen molar-refractivity contribution >= 4 is 17.8 Å². The molecule has 1 N–H and O–H groups in total. The maximum Gasteiger partial charge on any atom is 0.328 e. The van der Waals surface area contributed by atoms with E-state index in [-0.39, 0.29) is 11.5 Å². The van der Waals surface area contributed by atoms with Crippen LogP contribution in [0.25, 0.3) is 6.08 Å². The number of carboxylic acid groups (broad SMARTS) is 1. The number of carboxylic acids is 1. The Morgan fingerprint density at radius 2 is 2.22 bits per heavy atom. The van der Waals surface area contributed by atoms with E-state index >= 15 is 0 Å². The second kappa shape index (κ2) is 7.13. The molecule has 0 aromatic carbocycles. The smallest absolute Gasteiger partial charge is 0.328 e. The Balaban J connectivity index is 2.64. The van der Waals surface area contributed by atoms with Gasteiger partial charge >= 0.3 is 5.97 Å². The number of aliphatic carboxylic acids is 1. The zero-order valence-corrected chi connectivity index (χ0v) is 10.1. The van der Waals surface area contributed by atoms with Crippen LogP contribution < -0.4 is 0 Å². The second-order valence-electron chi connectivity index (χ2n) is 3.61. The largest absolute Gasteiger partial charge is 0.478 e. The van der Waals surface area contributed by atoms with E-state index < -0.39 is 5.97 Å². The first-order valence-electron chi connectivity index (χ1n) is 5.67. The molecule has 0 spiro atoms. The number of carbonyl (C=O) groups excluding carboxylic acids is 1. The van der Waals surface area contributed by atoms with Gasteiger partial charge < -0.3 is 9.52 Å². The van der Waals surface area contributed by atoms with Gasteiger partial charge in [0, 0.05) is 12.5 Å². The molecule has 0 aliphatic carbocycles. The number of furan rings is 1. The third-order valence-corrected chi connectivity index (χ3v) is 2.10. The van der Waals surface area contributed by atoms with Crippen molar-refractivity contribution in [2.75, 3.05) is 0 Å². The highest BCUT2D eigenvalue weighted by molar-refractivity contribution is 6.07. The van der Waals surface area contributed by atoms with Crippen molar-refractivity contribution in [1.82, 2.24) is 0 Å². The van der Waals surface area contributed by atoms with Gasteiger partial charge in [-0.3, -0.25) is 4.79 Å².